The molecule has 2 aromatic carbocycles. The molecule has 0 radical (unpaired) electrons. The van der Waals surface area contributed by atoms with Gasteiger partial charge in [0.25, 0.3) is 0 Å². The number of halogens is 2. The van der Waals surface area contributed by atoms with Gasteiger partial charge in [0.05, 0.1) is 0 Å². The maximum Gasteiger partial charge on any atom is 0.200 e. The summed E-state index contributed by atoms with van der Waals surface area (Å²) in [5.41, 5.74) is 2.13. The third kappa shape index (κ3) is 4.29. The van der Waals surface area contributed by atoms with Crippen LogP contribution in [0.4, 0.5) is 8.78 Å². The van der Waals surface area contributed by atoms with E-state index in [1.165, 1.54) is 18.4 Å². The lowest BCUT2D eigenvalue weighted by atomic mass is 9.85. The van der Waals surface area contributed by atoms with E-state index in [1.54, 1.807) is 36.6 Å². The van der Waals surface area contributed by atoms with Gasteiger partial charge >= 0.3 is 0 Å². The lowest BCUT2D eigenvalue weighted by Gasteiger charge is -2.21. The van der Waals surface area contributed by atoms with E-state index < -0.39 is 5.41 Å². The number of nitrogens with zero attached hydrogens (tertiary/aromatic N) is 2. The highest BCUT2D eigenvalue weighted by Crippen LogP contribution is 2.33. The largest absolute Gasteiger partial charge is 0.448 e. The average Bonchev–Trinajstić information content (AvgIpc) is 3.40. The van der Waals surface area contributed by atoms with Crippen molar-refractivity contribution in [1.82, 2.24) is 9.97 Å². The Balaban J connectivity index is 1.61. The van der Waals surface area contributed by atoms with E-state index in [-0.39, 0.29) is 17.6 Å². The fraction of sp³-hybridized carbons (Fsp3) is 0.280. The van der Waals surface area contributed by atoms with Crippen LogP contribution in [0.5, 0.6) is 0 Å². The molecule has 6 heteroatoms. The second kappa shape index (κ2) is 8.10. The molecular formula is C25H24F2N2O2. The second-order valence-electron chi connectivity index (χ2n) is 8.61. The zero-order valence-corrected chi connectivity index (χ0v) is 17.9. The van der Waals surface area contributed by atoms with Gasteiger partial charge in [0, 0.05) is 22.5 Å². The monoisotopic (exact) mass is 422 g/mol. The van der Waals surface area contributed by atoms with Crippen LogP contribution in [0, 0.1) is 11.6 Å². The summed E-state index contributed by atoms with van der Waals surface area (Å²) in [6.07, 6.45) is 3.37. The van der Waals surface area contributed by atoms with Crippen molar-refractivity contribution in [3.05, 3.63) is 84.0 Å². The summed E-state index contributed by atoms with van der Waals surface area (Å²) in [5, 5.41) is 0. The third-order valence-corrected chi connectivity index (χ3v) is 5.22. The summed E-state index contributed by atoms with van der Waals surface area (Å²) in [7, 11) is 0. The molecule has 0 N–H and O–H groups in total. The van der Waals surface area contributed by atoms with E-state index in [9.17, 15) is 8.78 Å². The van der Waals surface area contributed by atoms with Crippen molar-refractivity contribution in [2.45, 2.75) is 45.4 Å². The van der Waals surface area contributed by atoms with Gasteiger partial charge in [-0.05, 0) is 42.3 Å². The Kier molecular flexibility index (Phi) is 5.48. The van der Waals surface area contributed by atoms with Crippen molar-refractivity contribution >= 4 is 0 Å². The molecule has 0 aliphatic rings. The molecule has 0 bridgehead atoms. The molecule has 0 saturated carbocycles. The van der Waals surface area contributed by atoms with Gasteiger partial charge in [-0.15, -0.1) is 0 Å². The summed E-state index contributed by atoms with van der Waals surface area (Å²) >= 11 is 0. The van der Waals surface area contributed by atoms with Crippen LogP contribution >= 0.6 is 0 Å². The van der Waals surface area contributed by atoms with Crippen LogP contribution < -0.4 is 0 Å². The molecular weight excluding hydrogens is 398 g/mol. The van der Waals surface area contributed by atoms with Crippen LogP contribution in [-0.2, 0) is 11.8 Å². The van der Waals surface area contributed by atoms with Crippen LogP contribution in [-0.4, -0.2) is 9.97 Å². The Bertz CT molecular complexity index is 1210. The Labute approximate surface area is 180 Å². The van der Waals surface area contributed by atoms with Gasteiger partial charge in [-0.3, -0.25) is 0 Å². The summed E-state index contributed by atoms with van der Waals surface area (Å²) in [4.78, 5) is 8.98. The van der Waals surface area contributed by atoms with Gasteiger partial charge in [-0.2, -0.15) is 0 Å². The molecule has 31 heavy (non-hydrogen) atoms. The van der Waals surface area contributed by atoms with E-state index in [0.717, 1.165) is 5.56 Å². The average molecular weight is 422 g/mol. The fourth-order valence-corrected chi connectivity index (χ4v) is 3.48. The van der Waals surface area contributed by atoms with Gasteiger partial charge in [0.15, 0.2) is 5.89 Å². The molecule has 4 nitrogen and oxygen atoms in total. The van der Waals surface area contributed by atoms with E-state index >= 15 is 0 Å². The molecule has 0 amide bonds. The lowest BCUT2D eigenvalue weighted by molar-refractivity contribution is 0.363. The van der Waals surface area contributed by atoms with Crippen molar-refractivity contribution < 1.29 is 17.6 Å². The van der Waals surface area contributed by atoms with Crippen molar-refractivity contribution in [2.75, 3.05) is 0 Å². The first kappa shape index (κ1) is 21.0. The first-order chi connectivity index (χ1) is 14.7. The smallest absolute Gasteiger partial charge is 0.200 e. The van der Waals surface area contributed by atoms with Gasteiger partial charge in [0.1, 0.15) is 35.5 Å². The number of hydrogen-bond acceptors (Lipinski definition) is 4. The minimum absolute atomic E-state index is 0.168. The van der Waals surface area contributed by atoms with Crippen molar-refractivity contribution in [1.29, 1.82) is 0 Å². The zero-order valence-electron chi connectivity index (χ0n) is 17.9. The first-order valence-electron chi connectivity index (χ1n) is 10.2. The number of rotatable bonds is 6. The van der Waals surface area contributed by atoms with Crippen molar-refractivity contribution in [2.24, 2.45) is 0 Å². The molecule has 0 aliphatic heterocycles. The van der Waals surface area contributed by atoms with E-state index in [0.29, 0.717) is 40.7 Å². The Morgan fingerprint density at radius 1 is 0.903 bits per heavy atom. The molecule has 0 fully saturated rings. The lowest BCUT2D eigenvalue weighted by Crippen LogP contribution is -2.21. The van der Waals surface area contributed by atoms with Crippen LogP contribution in [0.25, 0.3) is 22.5 Å². The highest BCUT2D eigenvalue weighted by Gasteiger charge is 2.29. The van der Waals surface area contributed by atoms with Crippen molar-refractivity contribution in [3.8, 4) is 22.5 Å². The van der Waals surface area contributed by atoms with E-state index in [4.69, 9.17) is 8.83 Å². The minimum atomic E-state index is -0.615. The number of hydrogen-bond donors (Lipinski definition) is 0. The minimum Gasteiger partial charge on any atom is -0.448 e. The van der Waals surface area contributed by atoms with Crippen LogP contribution in [0.2, 0.25) is 0 Å². The molecule has 2 aromatic heterocycles. The summed E-state index contributed by atoms with van der Waals surface area (Å²) in [6.45, 7) is 7.84. The van der Waals surface area contributed by atoms with Gasteiger partial charge in [-0.25, -0.2) is 18.7 Å². The van der Waals surface area contributed by atoms with Crippen LogP contribution in [0.3, 0.4) is 0 Å². The molecule has 0 saturated heterocycles. The van der Waals surface area contributed by atoms with Crippen LogP contribution in [0.1, 0.15) is 51.0 Å². The molecule has 4 aromatic rings. The third-order valence-electron chi connectivity index (χ3n) is 5.22. The number of oxazole rings is 2. The second-order valence-corrected chi connectivity index (χ2v) is 8.61. The molecule has 4 rings (SSSR count). The molecule has 2 heterocycles. The predicted octanol–water partition coefficient (Wildman–Crippen LogP) is 6.92. The van der Waals surface area contributed by atoms with E-state index in [1.807, 2.05) is 27.7 Å². The topological polar surface area (TPSA) is 52.1 Å². The maximum absolute atomic E-state index is 14.6. The predicted molar refractivity (Wildman–Crippen MR) is 115 cm³/mol. The Hall–Kier alpha value is -3.28. The standard InChI is InChI=1S/C25H24F2N2O2/c1-15(2)23-28-21(13-30-23)16-9-10-19(26)17(11-16)12-25(3,4)24-29-22(14-31-24)18-7-5-6-8-20(18)27/h5-11,13-15H,12H2,1-4H3. The number of aromatic nitrogens is 2. The quantitative estimate of drug-likeness (QED) is 0.338. The van der Waals surface area contributed by atoms with Gasteiger partial charge < -0.3 is 8.83 Å². The summed E-state index contributed by atoms with van der Waals surface area (Å²) in [6, 6.07) is 11.3. The molecule has 0 aliphatic carbocycles. The van der Waals surface area contributed by atoms with Crippen LogP contribution in [0.15, 0.2) is 63.8 Å². The van der Waals surface area contributed by atoms with Gasteiger partial charge in [-0.1, -0.05) is 39.8 Å². The summed E-state index contributed by atoms with van der Waals surface area (Å²) < 4.78 is 39.9. The maximum atomic E-state index is 14.6. The summed E-state index contributed by atoms with van der Waals surface area (Å²) in [5.74, 6) is 0.541. The normalized spacial score (nSPS) is 12.0. The first-order valence-corrected chi connectivity index (χ1v) is 10.2. The highest BCUT2D eigenvalue weighted by molar-refractivity contribution is 5.60. The molecule has 0 atom stereocenters. The van der Waals surface area contributed by atoms with E-state index in [2.05, 4.69) is 9.97 Å². The van der Waals surface area contributed by atoms with Gasteiger partial charge in [0.2, 0.25) is 5.89 Å². The Morgan fingerprint density at radius 2 is 1.65 bits per heavy atom. The highest BCUT2D eigenvalue weighted by atomic mass is 19.1. The SMILES string of the molecule is CC(C)c1nc(-c2ccc(F)c(CC(C)(C)c3nc(-c4ccccc4F)co3)c2)co1. The zero-order chi connectivity index (χ0) is 22.2. The molecule has 0 unspecified atom stereocenters. The Morgan fingerprint density at radius 3 is 2.35 bits per heavy atom. The molecule has 160 valence electrons. The fourth-order valence-electron chi connectivity index (χ4n) is 3.48. The molecule has 0 spiro atoms. The number of benzene rings is 2. The van der Waals surface area contributed by atoms with Crippen molar-refractivity contribution in [3.63, 3.8) is 0 Å².